The lowest BCUT2D eigenvalue weighted by atomic mass is 10.1. The van der Waals surface area contributed by atoms with Crippen molar-refractivity contribution in [1.82, 2.24) is 24.8 Å². The molecule has 29 heavy (non-hydrogen) atoms. The molecule has 0 atom stereocenters. The summed E-state index contributed by atoms with van der Waals surface area (Å²) in [4.78, 5) is 13.2. The summed E-state index contributed by atoms with van der Waals surface area (Å²) in [6.45, 7) is 6.78. The Bertz CT molecular complexity index is 881. The maximum atomic E-state index is 13.2. The van der Waals surface area contributed by atoms with Crippen LogP contribution in [-0.4, -0.2) is 52.9 Å². The van der Waals surface area contributed by atoms with E-state index in [0.717, 1.165) is 61.9 Å². The first kappa shape index (κ1) is 20.9. The van der Waals surface area contributed by atoms with Crippen molar-refractivity contribution in [2.45, 2.75) is 19.9 Å². The van der Waals surface area contributed by atoms with Crippen LogP contribution in [-0.2, 0) is 11.3 Å². The van der Waals surface area contributed by atoms with Crippen molar-refractivity contribution >= 4 is 5.95 Å². The van der Waals surface area contributed by atoms with Gasteiger partial charge in [0.1, 0.15) is 5.82 Å². The molecular formula is C21H27FN6O. The molecule has 154 valence electrons. The Hall–Kier alpha value is -2.84. The summed E-state index contributed by atoms with van der Waals surface area (Å²) in [5.41, 5.74) is 3.35. The summed E-state index contributed by atoms with van der Waals surface area (Å²) >= 11 is 0. The Morgan fingerprint density at radius 1 is 1.14 bits per heavy atom. The molecule has 1 aliphatic heterocycles. The van der Waals surface area contributed by atoms with E-state index in [0.29, 0.717) is 5.95 Å². The molecule has 1 aliphatic rings. The summed E-state index contributed by atoms with van der Waals surface area (Å²) < 4.78 is 20.3. The second-order valence-corrected chi connectivity index (χ2v) is 6.52. The molecule has 3 heterocycles. The number of hydrogen-bond acceptors (Lipinski definition) is 6. The van der Waals surface area contributed by atoms with Crippen LogP contribution in [0.5, 0.6) is 0 Å². The summed E-state index contributed by atoms with van der Waals surface area (Å²) in [5, 5.41) is 6.11. The van der Waals surface area contributed by atoms with Crippen molar-refractivity contribution in [2.24, 2.45) is 0 Å². The van der Waals surface area contributed by atoms with Gasteiger partial charge in [0.2, 0.25) is 5.95 Å². The van der Waals surface area contributed by atoms with Crippen LogP contribution < -0.4 is 10.6 Å². The fraction of sp³-hybridized carbons (Fsp3) is 0.381. The fourth-order valence-corrected chi connectivity index (χ4v) is 3.01. The van der Waals surface area contributed by atoms with E-state index in [1.165, 1.54) is 12.1 Å². The molecule has 2 N–H and O–H groups in total. The van der Waals surface area contributed by atoms with Crippen molar-refractivity contribution in [3.8, 4) is 22.6 Å². The molecule has 1 saturated heterocycles. The lowest BCUT2D eigenvalue weighted by Crippen LogP contribution is -2.30. The lowest BCUT2D eigenvalue weighted by Gasteiger charge is -2.10. The van der Waals surface area contributed by atoms with E-state index < -0.39 is 0 Å². The Balaban J connectivity index is 0.000000343. The van der Waals surface area contributed by atoms with E-state index in [2.05, 4.69) is 37.1 Å². The molecule has 0 aliphatic carbocycles. The van der Waals surface area contributed by atoms with E-state index in [-0.39, 0.29) is 5.82 Å². The van der Waals surface area contributed by atoms with E-state index in [1.807, 2.05) is 6.07 Å². The van der Waals surface area contributed by atoms with Gasteiger partial charge in [0, 0.05) is 38.4 Å². The van der Waals surface area contributed by atoms with E-state index in [1.54, 1.807) is 31.7 Å². The van der Waals surface area contributed by atoms with Crippen LogP contribution in [0, 0.1) is 5.82 Å². The molecule has 1 aromatic carbocycles. The molecule has 0 amide bonds. The van der Waals surface area contributed by atoms with Crippen LogP contribution in [0.2, 0.25) is 0 Å². The largest absolute Gasteiger partial charge is 0.379 e. The van der Waals surface area contributed by atoms with E-state index in [9.17, 15) is 4.39 Å². The average Bonchev–Trinajstić information content (AvgIpc) is 3.20. The van der Waals surface area contributed by atoms with Crippen molar-refractivity contribution in [3.63, 3.8) is 0 Å². The number of aryl methyl sites for hydroxylation is 1. The van der Waals surface area contributed by atoms with Gasteiger partial charge in [0.25, 0.3) is 0 Å². The molecule has 0 unspecified atom stereocenters. The first-order valence-electron chi connectivity index (χ1n) is 9.83. The SMILES string of the molecule is C1COCCN1.CCCn1cnc(-c2ccc(F)cc2)c1-c1ccnc(NC)n1. The third-order valence-corrected chi connectivity index (χ3v) is 4.39. The quantitative estimate of drug-likeness (QED) is 0.687. The van der Waals surface area contributed by atoms with Crippen LogP contribution in [0.15, 0.2) is 42.9 Å². The molecule has 3 aromatic rings. The van der Waals surface area contributed by atoms with Crippen molar-refractivity contribution in [2.75, 3.05) is 38.7 Å². The third kappa shape index (κ3) is 5.58. The normalized spacial score (nSPS) is 13.5. The molecule has 7 nitrogen and oxygen atoms in total. The molecule has 2 aromatic heterocycles. The molecular weight excluding hydrogens is 371 g/mol. The first-order chi connectivity index (χ1) is 14.2. The van der Waals surface area contributed by atoms with Gasteiger partial charge >= 0.3 is 0 Å². The number of morpholine rings is 1. The van der Waals surface area contributed by atoms with E-state index in [4.69, 9.17) is 4.74 Å². The van der Waals surface area contributed by atoms with E-state index >= 15 is 0 Å². The predicted molar refractivity (Wildman–Crippen MR) is 112 cm³/mol. The lowest BCUT2D eigenvalue weighted by molar-refractivity contribution is 0.109. The predicted octanol–water partition coefficient (Wildman–Crippen LogP) is 3.20. The first-order valence-corrected chi connectivity index (χ1v) is 9.83. The number of benzene rings is 1. The number of aromatic nitrogens is 4. The molecule has 0 saturated carbocycles. The second-order valence-electron chi connectivity index (χ2n) is 6.52. The number of hydrogen-bond donors (Lipinski definition) is 2. The number of imidazole rings is 1. The van der Waals surface area contributed by atoms with Gasteiger partial charge in [-0.05, 0) is 36.8 Å². The highest BCUT2D eigenvalue weighted by Crippen LogP contribution is 2.30. The molecule has 4 rings (SSSR count). The Morgan fingerprint density at radius 3 is 2.48 bits per heavy atom. The Kier molecular flexibility index (Phi) is 7.66. The van der Waals surface area contributed by atoms with Crippen LogP contribution in [0.25, 0.3) is 22.6 Å². The molecule has 8 heteroatoms. The highest BCUT2D eigenvalue weighted by molar-refractivity contribution is 5.77. The maximum Gasteiger partial charge on any atom is 0.222 e. The number of nitrogens with zero attached hydrogens (tertiary/aromatic N) is 4. The number of rotatable bonds is 5. The van der Waals surface area contributed by atoms with Crippen molar-refractivity contribution in [1.29, 1.82) is 0 Å². The topological polar surface area (TPSA) is 76.9 Å². The Morgan fingerprint density at radius 2 is 1.90 bits per heavy atom. The van der Waals surface area contributed by atoms with Crippen LogP contribution in [0.1, 0.15) is 13.3 Å². The number of ether oxygens (including phenoxy) is 1. The summed E-state index contributed by atoms with van der Waals surface area (Å²) in [6, 6.07) is 8.21. The van der Waals surface area contributed by atoms with Gasteiger partial charge in [-0.1, -0.05) is 6.92 Å². The van der Waals surface area contributed by atoms with Gasteiger partial charge in [-0.15, -0.1) is 0 Å². The summed E-state index contributed by atoms with van der Waals surface area (Å²) in [7, 11) is 1.78. The second kappa shape index (κ2) is 10.6. The zero-order valence-electron chi connectivity index (χ0n) is 16.9. The third-order valence-electron chi connectivity index (χ3n) is 4.39. The maximum absolute atomic E-state index is 13.2. The monoisotopic (exact) mass is 398 g/mol. The van der Waals surface area contributed by atoms with Crippen molar-refractivity contribution in [3.05, 3.63) is 48.7 Å². The minimum Gasteiger partial charge on any atom is -0.379 e. The van der Waals surface area contributed by atoms with Gasteiger partial charge in [0.05, 0.1) is 36.6 Å². The molecule has 0 radical (unpaired) electrons. The molecule has 0 bridgehead atoms. The van der Waals surface area contributed by atoms with Crippen LogP contribution in [0.4, 0.5) is 10.3 Å². The van der Waals surface area contributed by atoms with Gasteiger partial charge in [-0.25, -0.2) is 19.3 Å². The zero-order chi connectivity index (χ0) is 20.5. The smallest absolute Gasteiger partial charge is 0.222 e. The average molecular weight is 398 g/mol. The highest BCUT2D eigenvalue weighted by Gasteiger charge is 2.16. The van der Waals surface area contributed by atoms with Crippen LogP contribution >= 0.6 is 0 Å². The number of halogens is 1. The Labute approximate surface area is 170 Å². The zero-order valence-corrected chi connectivity index (χ0v) is 16.9. The van der Waals surface area contributed by atoms with Crippen LogP contribution in [0.3, 0.4) is 0 Å². The summed E-state index contributed by atoms with van der Waals surface area (Å²) in [6.07, 6.45) is 4.50. The van der Waals surface area contributed by atoms with Gasteiger partial charge in [0.15, 0.2) is 0 Å². The van der Waals surface area contributed by atoms with Gasteiger partial charge < -0.3 is 19.9 Å². The molecule has 0 spiro atoms. The minimum atomic E-state index is -0.261. The fourth-order valence-electron chi connectivity index (χ4n) is 3.01. The molecule has 1 fully saturated rings. The summed E-state index contributed by atoms with van der Waals surface area (Å²) in [5.74, 6) is 0.291. The van der Waals surface area contributed by atoms with Gasteiger partial charge in [-0.3, -0.25) is 0 Å². The number of nitrogens with one attached hydrogen (secondary N) is 2. The van der Waals surface area contributed by atoms with Gasteiger partial charge in [-0.2, -0.15) is 0 Å². The highest BCUT2D eigenvalue weighted by atomic mass is 19.1. The van der Waals surface area contributed by atoms with Crippen molar-refractivity contribution < 1.29 is 9.13 Å². The standard InChI is InChI=1S/C17H18FN5.C4H9NO/c1-3-10-23-11-21-15(12-4-6-13(18)7-5-12)16(23)14-8-9-20-17(19-2)22-14;1-3-6-4-2-5-1/h4-9,11H,3,10H2,1-2H3,(H,19,20,22);5H,1-4H2. The minimum absolute atomic E-state index is 0.261. The number of anilines is 1.